The molecule has 0 aliphatic carbocycles. The molecule has 0 fully saturated rings. The van der Waals surface area contributed by atoms with Crippen LogP contribution in [0.15, 0.2) is 77.7 Å². The Morgan fingerprint density at radius 1 is 0.909 bits per heavy atom. The number of anilines is 1. The number of alkyl halides is 3. The van der Waals surface area contributed by atoms with Gasteiger partial charge in [-0.3, -0.25) is 4.79 Å². The average molecular weight is 497 g/mol. The Labute approximate surface area is 194 Å². The summed E-state index contributed by atoms with van der Waals surface area (Å²) in [5, 5.41) is 2.17. The molecule has 0 heterocycles. The third-order valence-corrected chi connectivity index (χ3v) is 6.40. The summed E-state index contributed by atoms with van der Waals surface area (Å²) in [7, 11) is -3.72. The first-order chi connectivity index (χ1) is 15.5. The molecule has 5 nitrogen and oxygen atoms in total. The van der Waals surface area contributed by atoms with Gasteiger partial charge in [0.2, 0.25) is 15.9 Å². The van der Waals surface area contributed by atoms with Crippen LogP contribution >= 0.6 is 11.6 Å². The first-order valence-electron chi connectivity index (χ1n) is 9.84. The van der Waals surface area contributed by atoms with Crippen LogP contribution in [-0.4, -0.2) is 14.3 Å². The largest absolute Gasteiger partial charge is 0.418 e. The minimum Gasteiger partial charge on any atom is -0.325 e. The highest BCUT2D eigenvalue weighted by atomic mass is 35.5. The van der Waals surface area contributed by atoms with E-state index >= 15 is 0 Å². The molecule has 0 radical (unpaired) electrons. The first kappa shape index (κ1) is 24.8. The van der Waals surface area contributed by atoms with E-state index in [9.17, 15) is 26.4 Å². The molecule has 0 spiro atoms. The number of hydrogen-bond acceptors (Lipinski definition) is 3. The van der Waals surface area contributed by atoms with Gasteiger partial charge in [-0.05, 0) is 47.9 Å². The normalized spacial score (nSPS) is 11.9. The molecule has 3 aromatic carbocycles. The fraction of sp³-hybridized carbons (Fsp3) is 0.174. The van der Waals surface area contributed by atoms with E-state index in [1.807, 2.05) is 18.2 Å². The fourth-order valence-corrected chi connectivity index (χ4v) is 4.21. The fourth-order valence-electron chi connectivity index (χ4n) is 3.02. The Morgan fingerprint density at radius 3 is 2.21 bits per heavy atom. The quantitative estimate of drug-likeness (QED) is 0.438. The first-order valence-corrected chi connectivity index (χ1v) is 11.7. The summed E-state index contributed by atoms with van der Waals surface area (Å²) in [6, 6.07) is 18.1. The molecule has 0 atom stereocenters. The maximum absolute atomic E-state index is 13.2. The van der Waals surface area contributed by atoms with E-state index in [2.05, 4.69) is 10.0 Å². The molecule has 3 aromatic rings. The molecule has 0 saturated heterocycles. The SMILES string of the molecule is O=C(CCc1ccc(S(=O)(=O)NCc2ccccc2)cc1)Nc1ccc(Cl)cc1C(F)(F)F. The highest BCUT2D eigenvalue weighted by Crippen LogP contribution is 2.36. The van der Waals surface area contributed by atoms with E-state index in [-0.39, 0.29) is 35.0 Å². The van der Waals surface area contributed by atoms with E-state index in [0.717, 1.165) is 17.7 Å². The van der Waals surface area contributed by atoms with Crippen LogP contribution in [0.2, 0.25) is 5.02 Å². The predicted molar refractivity (Wildman–Crippen MR) is 120 cm³/mol. The van der Waals surface area contributed by atoms with Crippen molar-refractivity contribution in [3.63, 3.8) is 0 Å². The minimum absolute atomic E-state index is 0.0719. The maximum Gasteiger partial charge on any atom is 0.418 e. The van der Waals surface area contributed by atoms with Crippen LogP contribution < -0.4 is 10.0 Å². The number of benzene rings is 3. The van der Waals surface area contributed by atoms with Crippen molar-refractivity contribution in [1.82, 2.24) is 4.72 Å². The van der Waals surface area contributed by atoms with Gasteiger partial charge in [0.05, 0.1) is 16.1 Å². The van der Waals surface area contributed by atoms with Crippen molar-refractivity contribution in [1.29, 1.82) is 0 Å². The number of amides is 1. The van der Waals surface area contributed by atoms with Crippen LogP contribution in [0.3, 0.4) is 0 Å². The number of carbonyl (C=O) groups excluding carboxylic acids is 1. The van der Waals surface area contributed by atoms with Gasteiger partial charge in [0.25, 0.3) is 0 Å². The van der Waals surface area contributed by atoms with Gasteiger partial charge in [-0.2, -0.15) is 13.2 Å². The Hall–Kier alpha value is -2.88. The van der Waals surface area contributed by atoms with Crippen molar-refractivity contribution in [3.05, 3.63) is 94.5 Å². The van der Waals surface area contributed by atoms with Gasteiger partial charge in [0, 0.05) is 18.0 Å². The van der Waals surface area contributed by atoms with Crippen molar-refractivity contribution in [3.8, 4) is 0 Å². The lowest BCUT2D eigenvalue weighted by molar-refractivity contribution is -0.137. The summed E-state index contributed by atoms with van der Waals surface area (Å²) < 4.78 is 66.9. The molecule has 10 heteroatoms. The number of nitrogens with one attached hydrogen (secondary N) is 2. The zero-order valence-corrected chi connectivity index (χ0v) is 18.8. The monoisotopic (exact) mass is 496 g/mol. The van der Waals surface area contributed by atoms with Crippen LogP contribution in [0.25, 0.3) is 0 Å². The van der Waals surface area contributed by atoms with Crippen molar-refractivity contribution in [2.24, 2.45) is 0 Å². The van der Waals surface area contributed by atoms with E-state index < -0.39 is 27.7 Å². The number of rotatable bonds is 8. The third-order valence-electron chi connectivity index (χ3n) is 4.74. The average Bonchev–Trinajstić information content (AvgIpc) is 2.78. The highest BCUT2D eigenvalue weighted by Gasteiger charge is 2.34. The summed E-state index contributed by atoms with van der Waals surface area (Å²) in [6.45, 7) is 0.149. The molecule has 0 unspecified atom stereocenters. The lowest BCUT2D eigenvalue weighted by Crippen LogP contribution is -2.23. The molecule has 174 valence electrons. The van der Waals surface area contributed by atoms with Gasteiger partial charge < -0.3 is 5.32 Å². The van der Waals surface area contributed by atoms with Gasteiger partial charge in [0.15, 0.2) is 0 Å². The van der Waals surface area contributed by atoms with Gasteiger partial charge in [0.1, 0.15) is 0 Å². The number of halogens is 4. The Kier molecular flexibility index (Phi) is 7.78. The molecule has 0 bridgehead atoms. The predicted octanol–water partition coefficient (Wildman–Crippen LogP) is 5.41. The second-order valence-electron chi connectivity index (χ2n) is 7.19. The number of carbonyl (C=O) groups is 1. The zero-order chi connectivity index (χ0) is 24.1. The number of hydrogen-bond donors (Lipinski definition) is 2. The topological polar surface area (TPSA) is 75.3 Å². The van der Waals surface area contributed by atoms with Gasteiger partial charge in [-0.15, -0.1) is 0 Å². The second-order valence-corrected chi connectivity index (χ2v) is 9.39. The van der Waals surface area contributed by atoms with E-state index in [4.69, 9.17) is 11.6 Å². The van der Waals surface area contributed by atoms with E-state index in [1.165, 1.54) is 18.2 Å². The van der Waals surface area contributed by atoms with Gasteiger partial charge >= 0.3 is 6.18 Å². The van der Waals surface area contributed by atoms with Gasteiger partial charge in [-0.1, -0.05) is 54.1 Å². The Morgan fingerprint density at radius 2 is 1.58 bits per heavy atom. The number of aryl methyl sites for hydroxylation is 1. The van der Waals surface area contributed by atoms with Crippen LogP contribution in [-0.2, 0) is 34.0 Å². The minimum atomic E-state index is -4.66. The van der Waals surface area contributed by atoms with Crippen molar-refractivity contribution < 1.29 is 26.4 Å². The summed E-state index contributed by atoms with van der Waals surface area (Å²) in [4.78, 5) is 12.3. The van der Waals surface area contributed by atoms with Crippen LogP contribution in [0, 0.1) is 0 Å². The summed E-state index contributed by atoms with van der Waals surface area (Å²) in [6.07, 6.45) is -4.53. The van der Waals surface area contributed by atoms with Crippen molar-refractivity contribution in [2.45, 2.75) is 30.5 Å². The van der Waals surface area contributed by atoms with Crippen molar-refractivity contribution >= 4 is 33.2 Å². The molecule has 3 rings (SSSR count). The second kappa shape index (κ2) is 10.4. The summed E-state index contributed by atoms with van der Waals surface area (Å²) >= 11 is 5.64. The van der Waals surface area contributed by atoms with Crippen molar-refractivity contribution in [2.75, 3.05) is 5.32 Å². The molecule has 0 saturated carbocycles. The van der Waals surface area contributed by atoms with E-state index in [0.29, 0.717) is 5.56 Å². The lowest BCUT2D eigenvalue weighted by atomic mass is 10.1. The van der Waals surface area contributed by atoms with E-state index in [1.54, 1.807) is 24.3 Å². The van der Waals surface area contributed by atoms with Gasteiger partial charge in [-0.25, -0.2) is 13.1 Å². The Bertz CT molecular complexity index is 1220. The molecule has 1 amide bonds. The lowest BCUT2D eigenvalue weighted by Gasteiger charge is -2.14. The maximum atomic E-state index is 13.2. The van der Waals surface area contributed by atoms with Crippen LogP contribution in [0.4, 0.5) is 18.9 Å². The molecular formula is C23H20ClF3N2O3S. The summed E-state index contributed by atoms with van der Waals surface area (Å²) in [5.41, 5.74) is 0.0844. The van der Waals surface area contributed by atoms with Crippen LogP contribution in [0.5, 0.6) is 0 Å². The smallest absolute Gasteiger partial charge is 0.325 e. The molecule has 33 heavy (non-hydrogen) atoms. The van der Waals surface area contributed by atoms with Crippen LogP contribution in [0.1, 0.15) is 23.1 Å². The third kappa shape index (κ3) is 7.05. The number of sulfonamides is 1. The molecule has 0 aliphatic rings. The highest BCUT2D eigenvalue weighted by molar-refractivity contribution is 7.89. The summed E-state index contributed by atoms with van der Waals surface area (Å²) in [5.74, 6) is -0.607. The molecular weight excluding hydrogens is 477 g/mol. The molecule has 0 aliphatic heterocycles. The molecule has 0 aromatic heterocycles. The standard InChI is InChI=1S/C23H20ClF3N2O3S/c24-18-9-12-21(20(14-18)23(25,26)27)29-22(30)13-8-16-6-10-19(11-7-16)33(31,32)28-15-17-4-2-1-3-5-17/h1-7,9-12,14,28H,8,13,15H2,(H,29,30). The zero-order valence-electron chi connectivity index (χ0n) is 17.2. The Balaban J connectivity index is 1.58. The molecule has 2 N–H and O–H groups in total.